The largest absolute Gasteiger partial charge is 0.385 e. The molecule has 1 rings (SSSR count). The predicted octanol–water partition coefficient (Wildman–Crippen LogP) is 1.08. The first-order chi connectivity index (χ1) is 8.33. The zero-order valence-electron chi connectivity index (χ0n) is 10.7. The van der Waals surface area contributed by atoms with Crippen LogP contribution in [-0.4, -0.2) is 39.3 Å². The van der Waals surface area contributed by atoms with Gasteiger partial charge in [-0.3, -0.25) is 4.79 Å². The Morgan fingerprint density at radius 1 is 1.47 bits per heavy atom. The topological polar surface area (TPSA) is 50.4 Å². The second-order valence-corrected chi connectivity index (χ2v) is 4.48. The number of carbonyl (C=O) groups excluding carboxylic acids is 1. The molecule has 1 unspecified atom stereocenters. The molecule has 2 N–H and O–H groups in total. The Hall–Kier alpha value is -0.870. The van der Waals surface area contributed by atoms with Gasteiger partial charge in [0.15, 0.2) is 0 Å². The van der Waals surface area contributed by atoms with E-state index in [0.717, 1.165) is 19.4 Å². The van der Waals surface area contributed by atoms with Crippen LogP contribution in [0.4, 0.5) is 0 Å². The van der Waals surface area contributed by atoms with Gasteiger partial charge in [-0.05, 0) is 38.1 Å². The summed E-state index contributed by atoms with van der Waals surface area (Å²) in [5, 5.41) is 6.08. The minimum atomic E-state index is 0.0763. The smallest absolute Gasteiger partial charge is 0.233 e. The fraction of sp³-hybridized carbons (Fsp3) is 0.769. The minimum Gasteiger partial charge on any atom is -0.385 e. The summed E-state index contributed by atoms with van der Waals surface area (Å²) < 4.78 is 4.91. The number of hydrogen-bond acceptors (Lipinski definition) is 3. The van der Waals surface area contributed by atoms with Crippen LogP contribution in [0.3, 0.4) is 0 Å². The SMILES string of the molecule is COCCCNC(=O)CNCC1CC=CCC1. The fourth-order valence-electron chi connectivity index (χ4n) is 1.94. The molecule has 0 spiro atoms. The molecule has 0 fully saturated rings. The third-order valence-electron chi connectivity index (χ3n) is 2.94. The number of allylic oxidation sites excluding steroid dienone is 2. The summed E-state index contributed by atoms with van der Waals surface area (Å²) in [6.45, 7) is 2.76. The number of hydrogen-bond donors (Lipinski definition) is 2. The van der Waals surface area contributed by atoms with Crippen LogP contribution in [-0.2, 0) is 9.53 Å². The Morgan fingerprint density at radius 2 is 2.35 bits per heavy atom. The van der Waals surface area contributed by atoms with Crippen molar-refractivity contribution in [3.05, 3.63) is 12.2 Å². The van der Waals surface area contributed by atoms with Gasteiger partial charge in [0, 0.05) is 20.3 Å². The molecule has 0 saturated carbocycles. The van der Waals surface area contributed by atoms with Crippen LogP contribution in [0.1, 0.15) is 25.7 Å². The number of nitrogens with one attached hydrogen (secondary N) is 2. The van der Waals surface area contributed by atoms with E-state index in [-0.39, 0.29) is 5.91 Å². The third-order valence-corrected chi connectivity index (χ3v) is 2.94. The molecule has 4 nitrogen and oxygen atoms in total. The molecule has 1 aliphatic rings. The van der Waals surface area contributed by atoms with Crippen LogP contribution < -0.4 is 10.6 Å². The molecular formula is C13H24N2O2. The molecule has 0 aromatic rings. The Bertz CT molecular complexity index is 242. The molecule has 0 heterocycles. The van der Waals surface area contributed by atoms with E-state index in [1.165, 1.54) is 12.8 Å². The first-order valence-electron chi connectivity index (χ1n) is 6.44. The summed E-state index contributed by atoms with van der Waals surface area (Å²) in [5.74, 6) is 0.772. The lowest BCUT2D eigenvalue weighted by Gasteiger charge is -2.17. The van der Waals surface area contributed by atoms with E-state index in [1.807, 2.05) is 0 Å². The average Bonchev–Trinajstić information content (AvgIpc) is 2.36. The summed E-state index contributed by atoms with van der Waals surface area (Å²) in [6.07, 6.45) is 8.90. The minimum absolute atomic E-state index is 0.0763. The van der Waals surface area contributed by atoms with Gasteiger partial charge < -0.3 is 15.4 Å². The second-order valence-electron chi connectivity index (χ2n) is 4.48. The molecule has 1 atom stereocenters. The van der Waals surface area contributed by atoms with Gasteiger partial charge >= 0.3 is 0 Å². The molecular weight excluding hydrogens is 216 g/mol. The molecule has 0 saturated heterocycles. The molecule has 0 aromatic carbocycles. The Balaban J connectivity index is 1.94. The third kappa shape index (κ3) is 7.13. The van der Waals surface area contributed by atoms with Crippen molar-refractivity contribution in [3.8, 4) is 0 Å². The standard InChI is InChI=1S/C13H24N2O2/c1-17-9-5-8-15-13(16)11-14-10-12-6-3-2-4-7-12/h2-3,12,14H,4-11H2,1H3,(H,15,16). The lowest BCUT2D eigenvalue weighted by Crippen LogP contribution is -2.36. The zero-order valence-corrected chi connectivity index (χ0v) is 10.7. The van der Waals surface area contributed by atoms with Crippen LogP contribution in [0.2, 0.25) is 0 Å². The molecule has 98 valence electrons. The highest BCUT2D eigenvalue weighted by Gasteiger charge is 2.09. The highest BCUT2D eigenvalue weighted by molar-refractivity contribution is 5.77. The fourth-order valence-corrected chi connectivity index (χ4v) is 1.94. The van der Waals surface area contributed by atoms with E-state index in [9.17, 15) is 4.79 Å². The van der Waals surface area contributed by atoms with Crippen molar-refractivity contribution in [2.75, 3.05) is 33.4 Å². The van der Waals surface area contributed by atoms with E-state index < -0.39 is 0 Å². The van der Waals surface area contributed by atoms with Crippen molar-refractivity contribution in [2.24, 2.45) is 5.92 Å². The van der Waals surface area contributed by atoms with E-state index in [2.05, 4.69) is 22.8 Å². The van der Waals surface area contributed by atoms with Gasteiger partial charge in [-0.2, -0.15) is 0 Å². The van der Waals surface area contributed by atoms with Crippen molar-refractivity contribution in [1.29, 1.82) is 0 Å². The number of rotatable bonds is 8. The zero-order chi connectivity index (χ0) is 12.3. The highest BCUT2D eigenvalue weighted by Crippen LogP contribution is 2.16. The summed E-state index contributed by atoms with van der Waals surface area (Å²) >= 11 is 0. The average molecular weight is 240 g/mol. The highest BCUT2D eigenvalue weighted by atomic mass is 16.5. The number of methoxy groups -OCH3 is 1. The van der Waals surface area contributed by atoms with Gasteiger partial charge in [-0.15, -0.1) is 0 Å². The number of amides is 1. The van der Waals surface area contributed by atoms with Gasteiger partial charge in [0.1, 0.15) is 0 Å². The van der Waals surface area contributed by atoms with E-state index in [0.29, 0.717) is 25.6 Å². The Kier molecular flexibility index (Phi) is 7.67. The first kappa shape index (κ1) is 14.2. The van der Waals surface area contributed by atoms with Crippen molar-refractivity contribution < 1.29 is 9.53 Å². The normalized spacial score (nSPS) is 19.2. The predicted molar refractivity (Wildman–Crippen MR) is 68.9 cm³/mol. The summed E-state index contributed by atoms with van der Waals surface area (Å²) in [6, 6.07) is 0. The van der Waals surface area contributed by atoms with E-state index in [4.69, 9.17) is 4.74 Å². The molecule has 0 bridgehead atoms. The summed E-state index contributed by atoms with van der Waals surface area (Å²) in [5.41, 5.74) is 0. The van der Waals surface area contributed by atoms with Crippen molar-refractivity contribution >= 4 is 5.91 Å². The van der Waals surface area contributed by atoms with Gasteiger partial charge in [0.05, 0.1) is 6.54 Å². The van der Waals surface area contributed by atoms with Crippen LogP contribution in [0, 0.1) is 5.92 Å². The van der Waals surface area contributed by atoms with Gasteiger partial charge in [-0.1, -0.05) is 12.2 Å². The number of carbonyl (C=O) groups is 1. The maximum absolute atomic E-state index is 11.4. The summed E-state index contributed by atoms with van der Waals surface area (Å²) in [7, 11) is 1.67. The van der Waals surface area contributed by atoms with Crippen LogP contribution in [0.25, 0.3) is 0 Å². The molecule has 0 radical (unpaired) electrons. The monoisotopic (exact) mass is 240 g/mol. The summed E-state index contributed by atoms with van der Waals surface area (Å²) in [4.78, 5) is 11.4. The molecule has 0 aromatic heterocycles. The van der Waals surface area contributed by atoms with E-state index in [1.54, 1.807) is 7.11 Å². The molecule has 1 aliphatic carbocycles. The lowest BCUT2D eigenvalue weighted by molar-refractivity contribution is -0.120. The van der Waals surface area contributed by atoms with Crippen molar-refractivity contribution in [3.63, 3.8) is 0 Å². The first-order valence-corrected chi connectivity index (χ1v) is 6.44. The van der Waals surface area contributed by atoms with E-state index >= 15 is 0 Å². The molecule has 1 amide bonds. The van der Waals surface area contributed by atoms with Crippen LogP contribution >= 0.6 is 0 Å². The van der Waals surface area contributed by atoms with Crippen LogP contribution in [0.15, 0.2) is 12.2 Å². The molecule has 4 heteroatoms. The second kappa shape index (κ2) is 9.19. The van der Waals surface area contributed by atoms with Gasteiger partial charge in [0.25, 0.3) is 0 Å². The maximum Gasteiger partial charge on any atom is 0.233 e. The molecule has 17 heavy (non-hydrogen) atoms. The number of ether oxygens (including phenoxy) is 1. The van der Waals surface area contributed by atoms with Crippen LogP contribution in [0.5, 0.6) is 0 Å². The van der Waals surface area contributed by atoms with Crippen molar-refractivity contribution in [1.82, 2.24) is 10.6 Å². The lowest BCUT2D eigenvalue weighted by atomic mass is 9.94. The molecule has 0 aliphatic heterocycles. The quantitative estimate of drug-likeness (QED) is 0.493. The maximum atomic E-state index is 11.4. The van der Waals surface area contributed by atoms with Gasteiger partial charge in [0.2, 0.25) is 5.91 Å². The Labute approximate surface area is 104 Å². The van der Waals surface area contributed by atoms with Crippen molar-refractivity contribution in [2.45, 2.75) is 25.7 Å². The Morgan fingerprint density at radius 3 is 3.06 bits per heavy atom. The van der Waals surface area contributed by atoms with Gasteiger partial charge in [-0.25, -0.2) is 0 Å².